The summed E-state index contributed by atoms with van der Waals surface area (Å²) in [7, 11) is 0. The van der Waals surface area contributed by atoms with Crippen LogP contribution in [0.3, 0.4) is 0 Å². The molecule has 6 rings (SSSR count). The topological polar surface area (TPSA) is 123 Å². The molecule has 43 heavy (non-hydrogen) atoms. The third-order valence-corrected chi connectivity index (χ3v) is 7.89. The lowest BCUT2D eigenvalue weighted by atomic mass is 10.1. The Morgan fingerprint density at radius 3 is 2.74 bits per heavy atom. The first-order valence-corrected chi connectivity index (χ1v) is 14.1. The van der Waals surface area contributed by atoms with Gasteiger partial charge in [-0.1, -0.05) is 25.0 Å². The summed E-state index contributed by atoms with van der Waals surface area (Å²) in [6, 6.07) is 9.13. The van der Waals surface area contributed by atoms with Gasteiger partial charge in [0.2, 0.25) is 5.82 Å². The Morgan fingerprint density at radius 2 is 1.98 bits per heavy atom. The lowest BCUT2D eigenvalue weighted by Gasteiger charge is -2.24. The fourth-order valence-electron chi connectivity index (χ4n) is 5.49. The molecule has 4 aromatic rings. The number of nitrogens with zero attached hydrogens (tertiary/aromatic N) is 6. The van der Waals surface area contributed by atoms with Gasteiger partial charge in [0.15, 0.2) is 17.2 Å². The van der Waals surface area contributed by atoms with Crippen LogP contribution in [0.2, 0.25) is 0 Å². The van der Waals surface area contributed by atoms with Gasteiger partial charge in [0.05, 0.1) is 18.0 Å². The molecule has 1 aliphatic carbocycles. The fraction of sp³-hybridized carbons (Fsp3) is 0.323. The molecule has 1 saturated heterocycles. The number of allylic oxidation sites excluding steroid dienone is 1. The van der Waals surface area contributed by atoms with Crippen LogP contribution in [0.5, 0.6) is 11.5 Å². The fourth-order valence-corrected chi connectivity index (χ4v) is 5.49. The van der Waals surface area contributed by atoms with Crippen LogP contribution < -0.4 is 10.5 Å². The lowest BCUT2D eigenvalue weighted by molar-refractivity contribution is -0.127. The predicted octanol–water partition coefficient (Wildman–Crippen LogP) is 5.92. The first-order chi connectivity index (χ1) is 20.8. The molecule has 2 N–H and O–H groups in total. The van der Waals surface area contributed by atoms with Crippen molar-refractivity contribution in [3.8, 4) is 28.8 Å². The highest BCUT2D eigenvalue weighted by atomic mass is 19.2. The second kappa shape index (κ2) is 11.8. The number of nitriles is 1. The summed E-state index contributed by atoms with van der Waals surface area (Å²) < 4.78 is 50.1. The molecule has 2 aromatic heterocycles. The first-order valence-electron chi connectivity index (χ1n) is 14.1. The minimum Gasteiger partial charge on any atom is -0.454 e. The largest absolute Gasteiger partial charge is 0.454 e. The number of aromatic nitrogens is 4. The summed E-state index contributed by atoms with van der Waals surface area (Å²) in [4.78, 5) is 23.4. The highest BCUT2D eigenvalue weighted by Crippen LogP contribution is 2.36. The summed E-state index contributed by atoms with van der Waals surface area (Å²) in [5, 5.41) is 14.7. The Bertz CT molecular complexity index is 1780. The molecule has 2 fully saturated rings. The molecule has 0 bridgehead atoms. The van der Waals surface area contributed by atoms with E-state index >= 15 is 4.39 Å². The van der Waals surface area contributed by atoms with E-state index in [1.54, 1.807) is 15.7 Å². The van der Waals surface area contributed by atoms with Crippen molar-refractivity contribution in [3.05, 3.63) is 71.8 Å². The SMILES string of the molecule is N#C/C(=C\CCC1CC1)C(=O)N1CCC[C@@H]1Cn1nc(-c2ccc(Oc3cccc(F)c3F)cc2F)c2c(N)ncnc21. The number of carbonyl (C=O) groups is 1. The van der Waals surface area contributed by atoms with Gasteiger partial charge in [0, 0.05) is 18.2 Å². The van der Waals surface area contributed by atoms with E-state index in [0.29, 0.717) is 36.3 Å². The number of amides is 1. The Kier molecular flexibility index (Phi) is 7.71. The van der Waals surface area contributed by atoms with Crippen LogP contribution >= 0.6 is 0 Å². The number of benzene rings is 2. The third-order valence-electron chi connectivity index (χ3n) is 7.89. The number of likely N-dealkylation sites (tertiary alicyclic amines) is 1. The molecule has 9 nitrogen and oxygen atoms in total. The number of nitrogens with two attached hydrogens (primary N) is 1. The molecule has 12 heteroatoms. The molecule has 2 aliphatic rings. The molecule has 220 valence electrons. The van der Waals surface area contributed by atoms with Gasteiger partial charge >= 0.3 is 0 Å². The minimum absolute atomic E-state index is 0.0442. The summed E-state index contributed by atoms with van der Waals surface area (Å²) in [6.45, 7) is 0.761. The average Bonchev–Trinajstić information content (AvgIpc) is 3.58. The monoisotopic (exact) mass is 587 g/mol. The number of hydrogen-bond donors (Lipinski definition) is 1. The van der Waals surface area contributed by atoms with Crippen molar-refractivity contribution in [2.75, 3.05) is 12.3 Å². The van der Waals surface area contributed by atoms with E-state index in [1.165, 1.54) is 43.4 Å². The van der Waals surface area contributed by atoms with Gasteiger partial charge in [-0.25, -0.2) is 23.4 Å². The van der Waals surface area contributed by atoms with E-state index < -0.39 is 17.5 Å². The molecular formula is C31H28F3N7O2. The number of anilines is 1. The van der Waals surface area contributed by atoms with Gasteiger partial charge in [-0.05, 0) is 55.9 Å². The van der Waals surface area contributed by atoms with Gasteiger partial charge in [0.1, 0.15) is 41.0 Å². The molecule has 1 saturated carbocycles. The second-order valence-corrected chi connectivity index (χ2v) is 10.8. The Labute approximate surface area is 245 Å². The van der Waals surface area contributed by atoms with E-state index in [2.05, 4.69) is 21.1 Å². The zero-order valence-corrected chi connectivity index (χ0v) is 23.1. The molecule has 3 heterocycles. The van der Waals surface area contributed by atoms with Gasteiger partial charge in [0.25, 0.3) is 5.91 Å². The van der Waals surface area contributed by atoms with Crippen molar-refractivity contribution in [2.45, 2.75) is 51.1 Å². The van der Waals surface area contributed by atoms with Crippen LogP contribution in [0.15, 0.2) is 54.4 Å². The number of rotatable bonds is 9. The van der Waals surface area contributed by atoms with Gasteiger partial charge in [-0.15, -0.1) is 0 Å². The zero-order valence-electron chi connectivity index (χ0n) is 23.1. The molecule has 1 atom stereocenters. The predicted molar refractivity (Wildman–Crippen MR) is 152 cm³/mol. The molecule has 2 aromatic carbocycles. The number of fused-ring (bicyclic) bond motifs is 1. The maximum atomic E-state index is 15.5. The maximum Gasteiger partial charge on any atom is 0.264 e. The summed E-state index contributed by atoms with van der Waals surface area (Å²) >= 11 is 0. The van der Waals surface area contributed by atoms with Crippen LogP contribution in [0, 0.1) is 34.7 Å². The van der Waals surface area contributed by atoms with E-state index in [4.69, 9.17) is 10.5 Å². The third kappa shape index (κ3) is 5.75. The molecule has 1 amide bonds. The minimum atomic E-state index is -1.18. The standard InChI is InChI=1S/C31H28F3N7O2/c32-23-7-2-8-25(27(23)34)43-21-11-12-22(24(33)14-21)28-26-29(36)37-17-38-30(26)41(39-28)16-20-6-3-13-40(20)31(42)19(15-35)5-1-4-18-9-10-18/h2,5,7-8,11-12,14,17-18,20H,1,3-4,6,9-10,13,16H2,(H2,36,37,38)/b19-5+/t20-/m1/s1. The van der Waals surface area contributed by atoms with Crippen LogP contribution in [-0.4, -0.2) is 43.1 Å². The Hall–Kier alpha value is -4.92. The smallest absolute Gasteiger partial charge is 0.264 e. The highest BCUT2D eigenvalue weighted by Gasteiger charge is 2.32. The van der Waals surface area contributed by atoms with E-state index in [0.717, 1.165) is 25.0 Å². The number of nitrogen functional groups attached to an aromatic ring is 1. The lowest BCUT2D eigenvalue weighted by Crippen LogP contribution is -2.39. The number of halogens is 3. The van der Waals surface area contributed by atoms with E-state index in [1.807, 2.05) is 0 Å². The normalized spacial score (nSPS) is 16.9. The zero-order chi connectivity index (χ0) is 30.1. The molecular weight excluding hydrogens is 559 g/mol. The number of carbonyl (C=O) groups excluding carboxylic acids is 1. The summed E-state index contributed by atoms with van der Waals surface area (Å²) in [6.07, 6.45) is 8.59. The van der Waals surface area contributed by atoms with E-state index in [9.17, 15) is 18.8 Å². The first kappa shape index (κ1) is 28.2. The second-order valence-electron chi connectivity index (χ2n) is 10.8. The quantitative estimate of drug-likeness (QED) is 0.191. The Morgan fingerprint density at radius 1 is 1.14 bits per heavy atom. The highest BCUT2D eigenvalue weighted by molar-refractivity contribution is 5.99. The molecule has 1 aliphatic heterocycles. The molecule has 0 spiro atoms. The van der Waals surface area contributed by atoms with Crippen molar-refractivity contribution >= 4 is 22.8 Å². The maximum absolute atomic E-state index is 15.5. The van der Waals surface area contributed by atoms with Crippen molar-refractivity contribution in [1.29, 1.82) is 5.26 Å². The molecule has 0 radical (unpaired) electrons. The van der Waals surface area contributed by atoms with Crippen molar-refractivity contribution in [2.24, 2.45) is 5.92 Å². The van der Waals surface area contributed by atoms with Gasteiger partial charge < -0.3 is 15.4 Å². The van der Waals surface area contributed by atoms with Gasteiger partial charge in [-0.3, -0.25) is 4.79 Å². The van der Waals surface area contributed by atoms with Crippen LogP contribution in [0.4, 0.5) is 19.0 Å². The number of hydrogen-bond acceptors (Lipinski definition) is 7. The van der Waals surface area contributed by atoms with E-state index in [-0.39, 0.29) is 52.6 Å². The average molecular weight is 588 g/mol. The van der Waals surface area contributed by atoms with Crippen molar-refractivity contribution in [3.63, 3.8) is 0 Å². The number of ether oxygens (including phenoxy) is 1. The van der Waals surface area contributed by atoms with Crippen LogP contribution in [0.1, 0.15) is 38.5 Å². The summed E-state index contributed by atoms with van der Waals surface area (Å²) in [5.74, 6) is -2.94. The van der Waals surface area contributed by atoms with Gasteiger partial charge in [-0.2, -0.15) is 14.8 Å². The Balaban J connectivity index is 1.28. The molecule has 0 unspecified atom stereocenters. The van der Waals surface area contributed by atoms with Crippen molar-refractivity contribution < 1.29 is 22.7 Å². The van der Waals surface area contributed by atoms with Crippen molar-refractivity contribution in [1.82, 2.24) is 24.6 Å². The van der Waals surface area contributed by atoms with Crippen LogP contribution in [0.25, 0.3) is 22.3 Å². The van der Waals surface area contributed by atoms with Crippen LogP contribution in [-0.2, 0) is 11.3 Å². The summed E-state index contributed by atoms with van der Waals surface area (Å²) in [5.41, 5.74) is 6.96.